The highest BCUT2D eigenvalue weighted by molar-refractivity contribution is 4.85. The average molecular weight is 231 g/mol. The van der Waals surface area contributed by atoms with Gasteiger partial charge in [0.25, 0.3) is 6.30 Å². The molecule has 0 spiro atoms. The zero-order valence-corrected chi connectivity index (χ0v) is 5.96. The fourth-order valence-electron chi connectivity index (χ4n) is 0.680. The molecule has 1 unspecified atom stereocenters. The molecule has 0 aliphatic carbocycles. The minimum atomic E-state index is -5.81. The maximum absolute atomic E-state index is 12.1. The van der Waals surface area contributed by atoms with Gasteiger partial charge in [0.15, 0.2) is 0 Å². The smallest absolute Gasteiger partial charge is 0.246 e. The van der Waals surface area contributed by atoms with Crippen molar-refractivity contribution >= 4 is 0 Å². The summed E-state index contributed by atoms with van der Waals surface area (Å²) in [7, 11) is 0. The molecule has 0 aromatic heterocycles. The van der Waals surface area contributed by atoms with Gasteiger partial charge in [-0.15, -0.1) is 4.48 Å². The summed E-state index contributed by atoms with van der Waals surface area (Å²) in [4.78, 5) is 0. The van der Waals surface area contributed by atoms with E-state index in [4.69, 9.17) is 0 Å². The van der Waals surface area contributed by atoms with E-state index in [0.717, 1.165) is 0 Å². The normalized spacial score (nSPS) is 35.6. The topological polar surface area (TPSA) is 12.5 Å². The molecule has 0 radical (unpaired) electrons. The Hall–Kier alpha value is -0.640. The molecule has 1 aliphatic rings. The van der Waals surface area contributed by atoms with Crippen LogP contribution in [0.5, 0.6) is 0 Å². The SMILES string of the molecule is FC1N(F)C(F)(F)C(F)(F)OC1(F)F. The van der Waals surface area contributed by atoms with Gasteiger partial charge in [0.1, 0.15) is 0 Å². The lowest BCUT2D eigenvalue weighted by molar-refractivity contribution is -0.543. The highest BCUT2D eigenvalue weighted by Gasteiger charge is 2.76. The maximum Gasteiger partial charge on any atom is 0.442 e. The molecule has 1 rings (SSSR count). The van der Waals surface area contributed by atoms with Crippen molar-refractivity contribution in [3.05, 3.63) is 0 Å². The number of hydrogen-bond donors (Lipinski definition) is 0. The predicted molar refractivity (Wildman–Crippen MR) is 23.8 cm³/mol. The molecule has 0 N–H and O–H groups in total. The Balaban J connectivity index is 3.09. The van der Waals surface area contributed by atoms with Crippen molar-refractivity contribution in [2.75, 3.05) is 0 Å². The third-order valence-corrected chi connectivity index (χ3v) is 1.36. The van der Waals surface area contributed by atoms with Crippen molar-refractivity contribution in [2.45, 2.75) is 24.6 Å². The molecule has 84 valence electrons. The Kier molecular flexibility index (Phi) is 2.20. The average Bonchev–Trinajstić information content (AvgIpc) is 1.97. The Labute approximate surface area is 71.0 Å². The number of alkyl halides is 7. The summed E-state index contributed by atoms with van der Waals surface area (Å²) in [5.41, 5.74) is 0. The van der Waals surface area contributed by atoms with Gasteiger partial charge in [-0.25, -0.2) is 9.13 Å². The second-order valence-corrected chi connectivity index (χ2v) is 2.37. The largest absolute Gasteiger partial charge is 0.442 e. The Bertz CT molecular complexity index is 241. The summed E-state index contributed by atoms with van der Waals surface area (Å²) < 4.78 is 98.4. The first kappa shape index (κ1) is 11.4. The number of ether oxygens (including phenoxy) is 1. The van der Waals surface area contributed by atoms with Crippen LogP contribution in [0.15, 0.2) is 0 Å². The van der Waals surface area contributed by atoms with E-state index in [0.29, 0.717) is 0 Å². The van der Waals surface area contributed by atoms with Crippen LogP contribution in [0.2, 0.25) is 0 Å². The van der Waals surface area contributed by atoms with Crippen LogP contribution in [-0.4, -0.2) is 29.7 Å². The van der Waals surface area contributed by atoms with E-state index in [1.807, 2.05) is 0 Å². The molecular weight excluding hydrogens is 230 g/mol. The second-order valence-electron chi connectivity index (χ2n) is 2.37. The molecule has 1 fully saturated rings. The quantitative estimate of drug-likeness (QED) is 0.360. The van der Waals surface area contributed by atoms with Gasteiger partial charge in [-0.2, -0.15) is 26.3 Å². The predicted octanol–water partition coefficient (Wildman–Crippen LogP) is 2.28. The summed E-state index contributed by atoms with van der Waals surface area (Å²) in [5, 5.41) is -2.57. The number of halogens is 8. The lowest BCUT2D eigenvalue weighted by atomic mass is 10.3. The van der Waals surface area contributed by atoms with Crippen molar-refractivity contribution in [1.82, 2.24) is 5.12 Å². The van der Waals surface area contributed by atoms with Gasteiger partial charge in [-0.1, -0.05) is 0 Å². The molecular formula is C4HF8NO. The molecule has 2 nitrogen and oxygen atoms in total. The summed E-state index contributed by atoms with van der Waals surface area (Å²) in [5.74, 6) is 0. The number of morpholine rings is 1. The highest BCUT2D eigenvalue weighted by atomic mass is 19.3. The van der Waals surface area contributed by atoms with Gasteiger partial charge >= 0.3 is 18.3 Å². The third kappa shape index (κ3) is 1.32. The van der Waals surface area contributed by atoms with Crippen molar-refractivity contribution in [3.8, 4) is 0 Å². The molecule has 0 aromatic rings. The summed E-state index contributed by atoms with van der Waals surface area (Å²) in [6.07, 6.45) is -15.5. The number of nitrogens with zero attached hydrogens (tertiary/aromatic N) is 1. The monoisotopic (exact) mass is 231 g/mol. The third-order valence-electron chi connectivity index (χ3n) is 1.36. The molecule has 1 saturated heterocycles. The minimum absolute atomic E-state index is 2.19. The highest BCUT2D eigenvalue weighted by Crippen LogP contribution is 2.50. The number of rotatable bonds is 0. The van der Waals surface area contributed by atoms with Crippen LogP contribution in [-0.2, 0) is 4.74 Å². The van der Waals surface area contributed by atoms with Crippen molar-refractivity contribution in [2.24, 2.45) is 0 Å². The van der Waals surface area contributed by atoms with Crippen LogP contribution in [0.25, 0.3) is 0 Å². The van der Waals surface area contributed by atoms with Crippen molar-refractivity contribution in [1.29, 1.82) is 0 Å². The van der Waals surface area contributed by atoms with Crippen LogP contribution in [0.4, 0.5) is 35.2 Å². The molecule has 0 bridgehead atoms. The van der Waals surface area contributed by atoms with Gasteiger partial charge in [0, 0.05) is 0 Å². The standard InChI is InChI=1S/C4HF8NO/c5-1-2(6,7)14-4(10,11)3(8,9)13(1)12/h1H. The lowest BCUT2D eigenvalue weighted by Crippen LogP contribution is -2.66. The molecule has 0 saturated carbocycles. The first-order valence-corrected chi connectivity index (χ1v) is 2.95. The Morgan fingerprint density at radius 2 is 1.43 bits per heavy atom. The van der Waals surface area contributed by atoms with Gasteiger partial charge < -0.3 is 0 Å². The first-order valence-electron chi connectivity index (χ1n) is 2.95. The van der Waals surface area contributed by atoms with E-state index in [-0.39, 0.29) is 0 Å². The summed E-state index contributed by atoms with van der Waals surface area (Å²) in [6.45, 7) is 0. The van der Waals surface area contributed by atoms with Crippen LogP contribution in [0.3, 0.4) is 0 Å². The van der Waals surface area contributed by atoms with Gasteiger partial charge in [0.05, 0.1) is 0 Å². The van der Waals surface area contributed by atoms with Crippen molar-refractivity contribution in [3.63, 3.8) is 0 Å². The van der Waals surface area contributed by atoms with Crippen LogP contribution in [0, 0.1) is 0 Å². The van der Waals surface area contributed by atoms with Crippen LogP contribution in [0.1, 0.15) is 0 Å². The first-order chi connectivity index (χ1) is 6.02. The fourth-order valence-corrected chi connectivity index (χ4v) is 0.680. The molecule has 1 aliphatic heterocycles. The molecule has 1 atom stereocenters. The van der Waals surface area contributed by atoms with E-state index in [9.17, 15) is 35.2 Å². The number of hydrogen-bond acceptors (Lipinski definition) is 2. The van der Waals surface area contributed by atoms with Crippen LogP contribution >= 0.6 is 0 Å². The van der Waals surface area contributed by atoms with Gasteiger partial charge in [-0.05, 0) is 5.12 Å². The van der Waals surface area contributed by atoms with Crippen molar-refractivity contribution < 1.29 is 40.0 Å². The Morgan fingerprint density at radius 3 is 1.86 bits per heavy atom. The van der Waals surface area contributed by atoms with Crippen LogP contribution < -0.4 is 0 Å². The van der Waals surface area contributed by atoms with Gasteiger partial charge in [0.2, 0.25) is 0 Å². The van der Waals surface area contributed by atoms with Gasteiger partial charge in [-0.3, -0.25) is 0 Å². The zero-order chi connectivity index (χ0) is 11.4. The maximum atomic E-state index is 12.1. The summed E-state index contributed by atoms with van der Waals surface area (Å²) in [6, 6.07) is -5.78. The van der Waals surface area contributed by atoms with E-state index in [1.165, 1.54) is 0 Å². The Morgan fingerprint density at radius 1 is 1.00 bits per heavy atom. The van der Waals surface area contributed by atoms with E-state index >= 15 is 0 Å². The molecule has 0 amide bonds. The molecule has 0 aromatic carbocycles. The molecule has 1 heterocycles. The fraction of sp³-hybridized carbons (Fsp3) is 1.00. The molecule has 14 heavy (non-hydrogen) atoms. The second kappa shape index (κ2) is 2.69. The molecule has 10 heteroatoms. The lowest BCUT2D eigenvalue weighted by Gasteiger charge is -2.39. The van der Waals surface area contributed by atoms with E-state index < -0.39 is 29.7 Å². The summed E-state index contributed by atoms with van der Waals surface area (Å²) >= 11 is 0. The van der Waals surface area contributed by atoms with E-state index in [1.54, 1.807) is 0 Å². The zero-order valence-electron chi connectivity index (χ0n) is 5.96. The van der Waals surface area contributed by atoms with E-state index in [2.05, 4.69) is 4.74 Å². The minimum Gasteiger partial charge on any atom is -0.246 e.